The molecule has 0 aliphatic rings. The van der Waals surface area contributed by atoms with Gasteiger partial charge in [0.2, 0.25) is 5.91 Å². The van der Waals surface area contributed by atoms with E-state index >= 15 is 0 Å². The predicted molar refractivity (Wildman–Crippen MR) is 65.2 cm³/mol. The van der Waals surface area contributed by atoms with E-state index in [0.717, 1.165) is 5.56 Å². The van der Waals surface area contributed by atoms with E-state index in [9.17, 15) is 9.59 Å². The highest BCUT2D eigenvalue weighted by molar-refractivity contribution is 5.92. The molecule has 1 aromatic rings. The Labute approximate surface area is 99.3 Å². The summed E-state index contributed by atoms with van der Waals surface area (Å²) in [6.45, 7) is -0.0516. The fourth-order valence-corrected chi connectivity index (χ4v) is 1.12. The average Bonchev–Trinajstić information content (AvgIpc) is 2.37. The van der Waals surface area contributed by atoms with Crippen LogP contribution in [0.25, 0.3) is 6.08 Å². The summed E-state index contributed by atoms with van der Waals surface area (Å²) in [6.07, 6.45) is 2.95. The van der Waals surface area contributed by atoms with Crippen molar-refractivity contribution in [2.24, 2.45) is 5.73 Å². The molecule has 0 heterocycles. The van der Waals surface area contributed by atoms with Gasteiger partial charge in [-0.05, 0) is 23.8 Å². The van der Waals surface area contributed by atoms with Crippen LogP contribution in [0.15, 0.2) is 30.3 Å². The first-order valence-corrected chi connectivity index (χ1v) is 5.01. The largest absolute Gasteiger partial charge is 0.466 e. The molecule has 0 spiro atoms. The molecule has 0 aliphatic carbocycles. The van der Waals surface area contributed by atoms with Crippen LogP contribution in [-0.2, 0) is 14.3 Å². The monoisotopic (exact) mass is 234 g/mol. The number of benzene rings is 1. The minimum absolute atomic E-state index is 0.0516. The molecule has 1 rings (SSSR count). The van der Waals surface area contributed by atoms with Gasteiger partial charge in [0.05, 0.1) is 13.7 Å². The van der Waals surface area contributed by atoms with Crippen LogP contribution < -0.4 is 11.1 Å². The molecule has 0 bridgehead atoms. The lowest BCUT2D eigenvalue weighted by Gasteiger charge is -2.03. The molecule has 0 aliphatic heterocycles. The summed E-state index contributed by atoms with van der Waals surface area (Å²) in [7, 11) is 1.32. The van der Waals surface area contributed by atoms with Crippen LogP contribution in [-0.4, -0.2) is 25.5 Å². The molecule has 90 valence electrons. The number of carbonyl (C=O) groups excluding carboxylic acids is 2. The number of amides is 1. The van der Waals surface area contributed by atoms with Crippen molar-refractivity contribution < 1.29 is 14.3 Å². The molecule has 17 heavy (non-hydrogen) atoms. The highest BCUT2D eigenvalue weighted by Crippen LogP contribution is 2.10. The molecular formula is C12H14N2O3. The number of methoxy groups -OCH3 is 1. The lowest BCUT2D eigenvalue weighted by Crippen LogP contribution is -2.21. The third-order valence-electron chi connectivity index (χ3n) is 1.99. The van der Waals surface area contributed by atoms with Gasteiger partial charge in [-0.1, -0.05) is 12.1 Å². The van der Waals surface area contributed by atoms with Gasteiger partial charge < -0.3 is 15.8 Å². The molecule has 5 heteroatoms. The second-order valence-corrected chi connectivity index (χ2v) is 3.23. The molecular weight excluding hydrogens is 220 g/mol. The van der Waals surface area contributed by atoms with Crippen molar-refractivity contribution >= 4 is 23.6 Å². The first-order valence-electron chi connectivity index (χ1n) is 5.01. The standard InChI is InChI=1S/C12H14N2O3/c1-17-12(16)7-4-9-2-5-10(6-3-9)14-11(15)8-13/h2-7H,8,13H2,1H3,(H,14,15). The third-order valence-corrected chi connectivity index (χ3v) is 1.99. The van der Waals surface area contributed by atoms with Crippen molar-refractivity contribution in [3.8, 4) is 0 Å². The van der Waals surface area contributed by atoms with Crippen molar-refractivity contribution in [1.29, 1.82) is 0 Å². The molecule has 0 saturated carbocycles. The van der Waals surface area contributed by atoms with Crippen molar-refractivity contribution in [3.63, 3.8) is 0 Å². The quantitative estimate of drug-likeness (QED) is 0.595. The zero-order valence-corrected chi connectivity index (χ0v) is 9.47. The van der Waals surface area contributed by atoms with Gasteiger partial charge in [0, 0.05) is 11.8 Å². The summed E-state index contributed by atoms with van der Waals surface area (Å²) >= 11 is 0. The van der Waals surface area contributed by atoms with E-state index in [1.165, 1.54) is 13.2 Å². The summed E-state index contributed by atoms with van der Waals surface area (Å²) < 4.78 is 4.47. The molecule has 5 nitrogen and oxygen atoms in total. The van der Waals surface area contributed by atoms with Crippen LogP contribution in [0, 0.1) is 0 Å². The number of nitrogens with two attached hydrogens (primary N) is 1. The van der Waals surface area contributed by atoms with Crippen molar-refractivity contribution in [2.45, 2.75) is 0 Å². The maximum absolute atomic E-state index is 11.0. The van der Waals surface area contributed by atoms with Gasteiger partial charge in [0.25, 0.3) is 0 Å². The summed E-state index contributed by atoms with van der Waals surface area (Å²) in [5, 5.41) is 2.62. The molecule has 0 unspecified atom stereocenters. The van der Waals surface area contributed by atoms with Gasteiger partial charge >= 0.3 is 5.97 Å². The Kier molecular flexibility index (Phi) is 4.90. The highest BCUT2D eigenvalue weighted by Gasteiger charge is 1.98. The number of esters is 1. The molecule has 0 radical (unpaired) electrons. The number of hydrogen-bond acceptors (Lipinski definition) is 4. The summed E-state index contributed by atoms with van der Waals surface area (Å²) in [4.78, 5) is 21.9. The van der Waals surface area contributed by atoms with E-state index in [1.807, 2.05) is 0 Å². The van der Waals surface area contributed by atoms with E-state index in [-0.39, 0.29) is 12.5 Å². The molecule has 0 atom stereocenters. The van der Waals surface area contributed by atoms with Crippen LogP contribution in [0.3, 0.4) is 0 Å². The number of nitrogens with one attached hydrogen (secondary N) is 1. The van der Waals surface area contributed by atoms with Gasteiger partial charge in [-0.25, -0.2) is 4.79 Å². The van der Waals surface area contributed by atoms with Crippen LogP contribution in [0.4, 0.5) is 5.69 Å². The maximum Gasteiger partial charge on any atom is 0.330 e. The molecule has 0 saturated heterocycles. The van der Waals surface area contributed by atoms with Crippen molar-refractivity contribution in [1.82, 2.24) is 0 Å². The van der Waals surface area contributed by atoms with Gasteiger partial charge in [0.15, 0.2) is 0 Å². The number of anilines is 1. The van der Waals surface area contributed by atoms with Crippen molar-refractivity contribution in [3.05, 3.63) is 35.9 Å². The van der Waals surface area contributed by atoms with E-state index in [2.05, 4.69) is 10.1 Å². The first kappa shape index (κ1) is 12.9. The summed E-state index contributed by atoms with van der Waals surface area (Å²) in [5.74, 6) is -0.659. The smallest absolute Gasteiger partial charge is 0.330 e. The topological polar surface area (TPSA) is 81.4 Å². The Morgan fingerprint density at radius 1 is 1.35 bits per heavy atom. The highest BCUT2D eigenvalue weighted by atomic mass is 16.5. The van der Waals surface area contributed by atoms with Gasteiger partial charge in [-0.15, -0.1) is 0 Å². The lowest BCUT2D eigenvalue weighted by molar-refractivity contribution is -0.134. The van der Waals surface area contributed by atoms with E-state index < -0.39 is 5.97 Å². The number of rotatable bonds is 4. The molecule has 0 aromatic heterocycles. The Bertz CT molecular complexity index is 424. The SMILES string of the molecule is COC(=O)C=Cc1ccc(NC(=O)CN)cc1. The Morgan fingerprint density at radius 3 is 2.53 bits per heavy atom. The van der Waals surface area contributed by atoms with E-state index in [1.54, 1.807) is 30.3 Å². The normalized spacial score (nSPS) is 10.2. The fraction of sp³-hybridized carbons (Fsp3) is 0.167. The first-order chi connectivity index (χ1) is 8.15. The number of carbonyl (C=O) groups is 2. The second kappa shape index (κ2) is 6.44. The summed E-state index contributed by atoms with van der Waals surface area (Å²) in [5.41, 5.74) is 6.67. The van der Waals surface area contributed by atoms with Gasteiger partial charge in [0.1, 0.15) is 0 Å². The van der Waals surface area contributed by atoms with E-state index in [0.29, 0.717) is 5.69 Å². The zero-order chi connectivity index (χ0) is 12.7. The van der Waals surface area contributed by atoms with Crippen LogP contribution >= 0.6 is 0 Å². The minimum Gasteiger partial charge on any atom is -0.466 e. The Balaban J connectivity index is 2.65. The van der Waals surface area contributed by atoms with Crippen LogP contribution in [0.2, 0.25) is 0 Å². The zero-order valence-electron chi connectivity index (χ0n) is 9.47. The molecule has 3 N–H and O–H groups in total. The Morgan fingerprint density at radius 2 is 2.00 bits per heavy atom. The maximum atomic E-state index is 11.0. The van der Waals surface area contributed by atoms with Crippen LogP contribution in [0.5, 0.6) is 0 Å². The van der Waals surface area contributed by atoms with E-state index in [4.69, 9.17) is 5.73 Å². The van der Waals surface area contributed by atoms with Crippen LogP contribution in [0.1, 0.15) is 5.56 Å². The number of ether oxygens (including phenoxy) is 1. The lowest BCUT2D eigenvalue weighted by atomic mass is 10.2. The predicted octanol–water partition coefficient (Wildman–Crippen LogP) is 0.770. The third kappa shape index (κ3) is 4.48. The summed E-state index contributed by atoms with van der Waals surface area (Å²) in [6, 6.07) is 6.99. The van der Waals surface area contributed by atoms with Gasteiger partial charge in [-0.2, -0.15) is 0 Å². The van der Waals surface area contributed by atoms with Crippen molar-refractivity contribution in [2.75, 3.05) is 19.0 Å². The fourth-order valence-electron chi connectivity index (χ4n) is 1.12. The Hall–Kier alpha value is -2.14. The second-order valence-electron chi connectivity index (χ2n) is 3.23. The minimum atomic E-state index is -0.412. The van der Waals surface area contributed by atoms with Gasteiger partial charge in [-0.3, -0.25) is 4.79 Å². The molecule has 0 fully saturated rings. The molecule has 1 aromatic carbocycles. The molecule has 1 amide bonds. The average molecular weight is 234 g/mol. The number of hydrogen-bond donors (Lipinski definition) is 2.